The van der Waals surface area contributed by atoms with E-state index >= 15 is 0 Å². The van der Waals surface area contributed by atoms with Crippen molar-refractivity contribution < 1.29 is 32.7 Å². The highest BCUT2D eigenvalue weighted by Crippen LogP contribution is 2.46. The van der Waals surface area contributed by atoms with Crippen LogP contribution in [0, 0.1) is 5.41 Å². The molecule has 1 unspecified atom stereocenters. The Hall–Kier alpha value is -2.78. The lowest BCUT2D eigenvalue weighted by Crippen LogP contribution is -2.47. The maximum atomic E-state index is 13.2. The predicted octanol–water partition coefficient (Wildman–Crippen LogP) is 2.70. The van der Waals surface area contributed by atoms with E-state index in [1.165, 1.54) is 24.3 Å². The van der Waals surface area contributed by atoms with E-state index in [-0.39, 0.29) is 18.2 Å². The van der Waals surface area contributed by atoms with E-state index in [1.807, 2.05) is 0 Å². The quantitative estimate of drug-likeness (QED) is 0.740. The molecule has 1 fully saturated rings. The molecule has 1 saturated heterocycles. The minimum atomic E-state index is -4.95. The molecule has 7 nitrogen and oxygen atoms in total. The largest absolute Gasteiger partial charge is 0.481 e. The molecule has 27 heavy (non-hydrogen) atoms. The molecule has 1 atom stereocenters. The van der Waals surface area contributed by atoms with E-state index in [9.17, 15) is 27.6 Å². The number of anilines is 1. The first-order chi connectivity index (χ1) is 12.5. The number of carbonyl (C=O) groups is 3. The number of alkyl halides is 3. The number of nitrogens with zero attached hydrogens (tertiary/aromatic N) is 1. The van der Waals surface area contributed by atoms with Crippen molar-refractivity contribution in [3.63, 3.8) is 0 Å². The minimum Gasteiger partial charge on any atom is -0.481 e. The average molecular weight is 387 g/mol. The number of amides is 3. The van der Waals surface area contributed by atoms with Gasteiger partial charge in [0.15, 0.2) is 5.41 Å². The normalized spacial score (nSPS) is 19.9. The van der Waals surface area contributed by atoms with E-state index < -0.39 is 42.5 Å². The van der Waals surface area contributed by atoms with Crippen LogP contribution in [0.5, 0.6) is 0 Å². The van der Waals surface area contributed by atoms with Gasteiger partial charge in [-0.3, -0.25) is 9.59 Å². The van der Waals surface area contributed by atoms with Crippen LogP contribution >= 0.6 is 0 Å². The van der Waals surface area contributed by atoms with Crippen LogP contribution in [0.3, 0.4) is 0 Å². The van der Waals surface area contributed by atoms with Crippen LogP contribution in [-0.4, -0.2) is 53.2 Å². The fraction of sp³-hybridized carbons (Fsp3) is 0.471. The molecule has 10 heteroatoms. The Labute approximate surface area is 153 Å². The van der Waals surface area contributed by atoms with Crippen LogP contribution in [-0.2, 0) is 4.79 Å². The number of carbonyl (C=O) groups excluding carboxylic acids is 2. The zero-order valence-electron chi connectivity index (χ0n) is 14.8. The Balaban J connectivity index is 2.08. The number of hydrogen-bond donors (Lipinski definition) is 3. The van der Waals surface area contributed by atoms with Crippen molar-refractivity contribution in [3.05, 3.63) is 29.8 Å². The smallest absolute Gasteiger partial charge is 0.406 e. The SMILES string of the molecule is CC(C)NC(=O)Nc1ccc(C(=O)N2CCC(C(=O)O)(C(F)(F)F)C2)cc1. The van der Waals surface area contributed by atoms with Crippen LogP contribution in [0.1, 0.15) is 30.6 Å². The van der Waals surface area contributed by atoms with Gasteiger partial charge in [-0.25, -0.2) is 4.79 Å². The van der Waals surface area contributed by atoms with Gasteiger partial charge in [-0.1, -0.05) is 0 Å². The number of benzene rings is 1. The van der Waals surface area contributed by atoms with Crippen molar-refractivity contribution in [3.8, 4) is 0 Å². The topological polar surface area (TPSA) is 98.7 Å². The number of nitrogens with one attached hydrogen (secondary N) is 2. The third-order valence-corrected chi connectivity index (χ3v) is 4.32. The van der Waals surface area contributed by atoms with Crippen molar-refractivity contribution in [1.82, 2.24) is 10.2 Å². The van der Waals surface area contributed by atoms with Crippen LogP contribution in [0.15, 0.2) is 24.3 Å². The number of rotatable bonds is 4. The molecule has 3 amide bonds. The van der Waals surface area contributed by atoms with Gasteiger partial charge in [-0.05, 0) is 44.5 Å². The zero-order chi connectivity index (χ0) is 20.4. The molecular formula is C17H20F3N3O4. The van der Waals surface area contributed by atoms with Crippen molar-refractivity contribution in [1.29, 1.82) is 0 Å². The lowest BCUT2D eigenvalue weighted by molar-refractivity contribution is -0.227. The first-order valence-electron chi connectivity index (χ1n) is 8.23. The van der Waals surface area contributed by atoms with Crippen molar-refractivity contribution in [2.75, 3.05) is 18.4 Å². The van der Waals surface area contributed by atoms with E-state index in [4.69, 9.17) is 5.11 Å². The number of halogens is 3. The summed E-state index contributed by atoms with van der Waals surface area (Å²) >= 11 is 0. The maximum Gasteiger partial charge on any atom is 0.406 e. The fourth-order valence-electron chi connectivity index (χ4n) is 2.82. The zero-order valence-corrected chi connectivity index (χ0v) is 14.8. The summed E-state index contributed by atoms with van der Waals surface area (Å²) in [6.45, 7) is 2.34. The summed E-state index contributed by atoms with van der Waals surface area (Å²) < 4.78 is 39.6. The highest BCUT2D eigenvalue weighted by atomic mass is 19.4. The van der Waals surface area contributed by atoms with Crippen LogP contribution < -0.4 is 10.6 Å². The van der Waals surface area contributed by atoms with Crippen LogP contribution in [0.4, 0.5) is 23.7 Å². The summed E-state index contributed by atoms with van der Waals surface area (Å²) in [6.07, 6.45) is -5.64. The number of hydrogen-bond acceptors (Lipinski definition) is 3. The molecular weight excluding hydrogens is 367 g/mol. The van der Waals surface area contributed by atoms with Crippen molar-refractivity contribution in [2.24, 2.45) is 5.41 Å². The second-order valence-corrected chi connectivity index (χ2v) is 6.69. The molecule has 0 aromatic heterocycles. The number of carboxylic acids is 1. The minimum absolute atomic E-state index is 0.0656. The molecule has 0 radical (unpaired) electrons. The third kappa shape index (κ3) is 4.32. The second-order valence-electron chi connectivity index (χ2n) is 6.69. The van der Waals surface area contributed by atoms with Gasteiger partial charge in [0.05, 0.1) is 0 Å². The summed E-state index contributed by atoms with van der Waals surface area (Å²) in [5.41, 5.74) is -2.44. The van der Waals surface area contributed by atoms with E-state index in [0.717, 1.165) is 4.90 Å². The Kier molecular flexibility index (Phi) is 5.67. The first kappa shape index (κ1) is 20.5. The van der Waals surface area contributed by atoms with E-state index in [2.05, 4.69) is 10.6 Å². The predicted molar refractivity (Wildman–Crippen MR) is 90.4 cm³/mol. The van der Waals surface area contributed by atoms with Crippen LogP contribution in [0.25, 0.3) is 0 Å². The van der Waals surface area contributed by atoms with Crippen molar-refractivity contribution >= 4 is 23.6 Å². The Morgan fingerprint density at radius 2 is 1.78 bits per heavy atom. The lowest BCUT2D eigenvalue weighted by atomic mass is 9.86. The number of likely N-dealkylation sites (tertiary alicyclic amines) is 1. The molecule has 148 valence electrons. The average Bonchev–Trinajstić information content (AvgIpc) is 3.00. The van der Waals surface area contributed by atoms with E-state index in [0.29, 0.717) is 5.69 Å². The van der Waals surface area contributed by atoms with Gasteiger partial charge in [0.25, 0.3) is 5.91 Å². The third-order valence-electron chi connectivity index (χ3n) is 4.32. The van der Waals surface area contributed by atoms with Crippen molar-refractivity contribution in [2.45, 2.75) is 32.5 Å². The molecule has 0 saturated carbocycles. The number of aliphatic carboxylic acids is 1. The van der Waals surface area contributed by atoms with Gasteiger partial charge in [0, 0.05) is 30.4 Å². The highest BCUT2D eigenvalue weighted by Gasteiger charge is 2.64. The molecule has 1 heterocycles. The van der Waals surface area contributed by atoms with E-state index in [1.54, 1.807) is 13.8 Å². The number of carboxylic acid groups (broad SMARTS) is 1. The van der Waals surface area contributed by atoms with Gasteiger partial charge in [-0.15, -0.1) is 0 Å². The molecule has 1 aliphatic heterocycles. The highest BCUT2D eigenvalue weighted by molar-refractivity contribution is 5.96. The Morgan fingerprint density at radius 1 is 1.19 bits per heavy atom. The molecule has 0 aliphatic carbocycles. The molecule has 0 spiro atoms. The Bertz CT molecular complexity index is 734. The van der Waals surface area contributed by atoms with Gasteiger partial charge < -0.3 is 20.6 Å². The maximum absolute atomic E-state index is 13.2. The van der Waals surface area contributed by atoms with Gasteiger partial charge in [0.1, 0.15) is 0 Å². The van der Waals surface area contributed by atoms with Gasteiger partial charge in [0.2, 0.25) is 0 Å². The monoisotopic (exact) mass is 387 g/mol. The molecule has 1 aliphatic rings. The van der Waals surface area contributed by atoms with Crippen LogP contribution in [0.2, 0.25) is 0 Å². The van der Waals surface area contributed by atoms with Gasteiger partial charge in [-0.2, -0.15) is 13.2 Å². The molecule has 1 aromatic carbocycles. The molecule has 2 rings (SSSR count). The summed E-state index contributed by atoms with van der Waals surface area (Å²) in [5.74, 6) is -2.68. The summed E-state index contributed by atoms with van der Waals surface area (Å²) in [4.78, 5) is 36.1. The summed E-state index contributed by atoms with van der Waals surface area (Å²) in [5, 5.41) is 14.2. The fourth-order valence-corrected chi connectivity index (χ4v) is 2.82. The lowest BCUT2D eigenvalue weighted by Gasteiger charge is -2.27. The summed E-state index contributed by atoms with van der Waals surface area (Å²) in [7, 11) is 0. The second kappa shape index (κ2) is 7.45. The molecule has 1 aromatic rings. The molecule has 3 N–H and O–H groups in total. The number of urea groups is 1. The summed E-state index contributed by atoms with van der Waals surface area (Å²) in [6, 6.07) is 5.11. The Morgan fingerprint density at radius 3 is 2.22 bits per heavy atom. The molecule has 0 bridgehead atoms. The van der Waals surface area contributed by atoms with Gasteiger partial charge >= 0.3 is 18.2 Å². The first-order valence-corrected chi connectivity index (χ1v) is 8.23. The standard InChI is InChI=1S/C17H20F3N3O4/c1-10(2)21-15(27)22-12-5-3-11(4-6-12)13(24)23-8-7-16(9-23,14(25)26)17(18,19)20/h3-6,10H,7-9H2,1-2H3,(H,25,26)(H2,21,22,27).